The fraction of sp³-hybridized carbons (Fsp3) is 0.591. The van der Waals surface area contributed by atoms with Crippen molar-refractivity contribution < 1.29 is 0 Å². The van der Waals surface area contributed by atoms with Gasteiger partial charge < -0.3 is 15.1 Å². The van der Waals surface area contributed by atoms with Crippen LogP contribution in [0.3, 0.4) is 0 Å². The van der Waals surface area contributed by atoms with Crippen molar-refractivity contribution in [2.24, 2.45) is 10.9 Å². The van der Waals surface area contributed by atoms with Crippen LogP contribution in [0.25, 0.3) is 0 Å². The van der Waals surface area contributed by atoms with Crippen molar-refractivity contribution in [2.45, 2.75) is 45.1 Å². The van der Waals surface area contributed by atoms with Crippen molar-refractivity contribution >= 4 is 35.6 Å². The molecule has 1 aromatic carbocycles. The van der Waals surface area contributed by atoms with E-state index >= 15 is 0 Å². The van der Waals surface area contributed by atoms with E-state index in [2.05, 4.69) is 66.5 Å². The molecule has 8 heteroatoms. The lowest BCUT2D eigenvalue weighted by Crippen LogP contribution is -2.45. The molecule has 2 aromatic rings. The Morgan fingerprint density at radius 1 is 1.10 bits per heavy atom. The Bertz CT molecular complexity index is 774. The van der Waals surface area contributed by atoms with E-state index in [1.165, 1.54) is 37.2 Å². The number of guanidine groups is 1. The van der Waals surface area contributed by atoms with Crippen LogP contribution in [0.4, 0.5) is 5.69 Å². The summed E-state index contributed by atoms with van der Waals surface area (Å²) in [5, 5.41) is 10.5. The molecule has 0 unspecified atom stereocenters. The lowest BCUT2D eigenvalue weighted by atomic mass is 9.96. The van der Waals surface area contributed by atoms with Crippen LogP contribution >= 0.6 is 24.0 Å². The molecule has 2 aliphatic heterocycles. The van der Waals surface area contributed by atoms with Gasteiger partial charge in [0.05, 0.1) is 0 Å². The maximum Gasteiger partial charge on any atom is 0.193 e. The highest BCUT2D eigenvalue weighted by Crippen LogP contribution is 2.25. The molecule has 3 heterocycles. The van der Waals surface area contributed by atoms with Gasteiger partial charge in [0.15, 0.2) is 5.96 Å². The van der Waals surface area contributed by atoms with Gasteiger partial charge in [0.25, 0.3) is 0 Å². The van der Waals surface area contributed by atoms with E-state index in [0.717, 1.165) is 50.2 Å². The van der Waals surface area contributed by atoms with Crippen molar-refractivity contribution in [1.82, 2.24) is 25.4 Å². The molecule has 0 saturated carbocycles. The number of aromatic amines is 1. The second-order valence-electron chi connectivity index (χ2n) is 8.37. The van der Waals surface area contributed by atoms with Gasteiger partial charge in [-0.3, -0.25) is 10.1 Å². The standard InChI is InChI=1S/C22H33N7.HI/c1-17-7-11-28(12-8-17)20-5-3-18(4-6-20)15-24-22(23-2)29-13-9-19(10-14-29)21-25-16-26-27-21;/h3-6,16-17,19H,7-15H2,1-2H3,(H,23,24)(H,25,26,27);1H. The van der Waals surface area contributed by atoms with Crippen molar-refractivity contribution in [2.75, 3.05) is 38.1 Å². The van der Waals surface area contributed by atoms with Crippen molar-refractivity contribution in [3.05, 3.63) is 42.0 Å². The number of benzene rings is 1. The number of H-pyrrole nitrogens is 1. The number of aliphatic imine (C=N–C) groups is 1. The molecule has 0 spiro atoms. The number of halogens is 1. The maximum atomic E-state index is 4.50. The molecule has 0 atom stereocenters. The average Bonchev–Trinajstić information content (AvgIpc) is 3.31. The van der Waals surface area contributed by atoms with Crippen LogP contribution in [-0.2, 0) is 6.54 Å². The molecule has 7 nitrogen and oxygen atoms in total. The number of hydrogen-bond acceptors (Lipinski definition) is 4. The summed E-state index contributed by atoms with van der Waals surface area (Å²) in [6, 6.07) is 9.00. The van der Waals surface area contributed by atoms with Crippen LogP contribution in [0.1, 0.15) is 49.9 Å². The Morgan fingerprint density at radius 2 is 1.80 bits per heavy atom. The SMILES string of the molecule is CN=C(NCc1ccc(N2CCC(C)CC2)cc1)N1CCC(c2ncn[nH]2)CC1.I. The minimum Gasteiger partial charge on any atom is -0.372 e. The molecule has 2 N–H and O–H groups in total. The number of anilines is 1. The number of nitrogens with zero attached hydrogens (tertiary/aromatic N) is 5. The lowest BCUT2D eigenvalue weighted by Gasteiger charge is -2.33. The van der Waals surface area contributed by atoms with Gasteiger partial charge in [0.2, 0.25) is 0 Å². The highest BCUT2D eigenvalue weighted by Gasteiger charge is 2.24. The van der Waals surface area contributed by atoms with E-state index < -0.39 is 0 Å². The fourth-order valence-electron chi connectivity index (χ4n) is 4.38. The van der Waals surface area contributed by atoms with Gasteiger partial charge in [-0.15, -0.1) is 24.0 Å². The van der Waals surface area contributed by atoms with E-state index in [9.17, 15) is 0 Å². The molecular weight excluding hydrogens is 489 g/mol. The average molecular weight is 523 g/mol. The van der Waals surface area contributed by atoms with Gasteiger partial charge in [0.1, 0.15) is 12.2 Å². The molecular formula is C22H34IN7. The molecule has 164 valence electrons. The molecule has 1 aromatic heterocycles. The van der Waals surface area contributed by atoms with Crippen LogP contribution in [0.15, 0.2) is 35.6 Å². The summed E-state index contributed by atoms with van der Waals surface area (Å²) in [6.45, 7) is 7.47. The third kappa shape index (κ3) is 5.65. The van der Waals surface area contributed by atoms with Crippen LogP contribution in [0.2, 0.25) is 0 Å². The Hall–Kier alpha value is -1.84. The van der Waals surface area contributed by atoms with Crippen molar-refractivity contribution in [3.8, 4) is 0 Å². The maximum absolute atomic E-state index is 4.50. The second kappa shape index (κ2) is 11.0. The number of rotatable bonds is 4. The summed E-state index contributed by atoms with van der Waals surface area (Å²) in [4.78, 5) is 13.7. The minimum atomic E-state index is 0. The summed E-state index contributed by atoms with van der Waals surface area (Å²) in [7, 11) is 1.87. The molecule has 0 aliphatic carbocycles. The summed E-state index contributed by atoms with van der Waals surface area (Å²) in [5.74, 6) is 3.32. The normalized spacial score (nSPS) is 18.9. The lowest BCUT2D eigenvalue weighted by molar-refractivity contribution is 0.299. The van der Waals surface area contributed by atoms with Crippen LogP contribution < -0.4 is 10.2 Å². The van der Waals surface area contributed by atoms with Crippen LogP contribution in [0.5, 0.6) is 0 Å². The summed E-state index contributed by atoms with van der Waals surface area (Å²) in [6.07, 6.45) is 6.33. The first-order valence-corrected chi connectivity index (χ1v) is 10.9. The van der Waals surface area contributed by atoms with Gasteiger partial charge in [-0.2, -0.15) is 5.10 Å². The molecule has 0 bridgehead atoms. The Kier molecular flexibility index (Phi) is 8.35. The molecule has 30 heavy (non-hydrogen) atoms. The highest BCUT2D eigenvalue weighted by atomic mass is 127. The summed E-state index contributed by atoms with van der Waals surface area (Å²) < 4.78 is 0. The van der Waals surface area contributed by atoms with E-state index in [1.807, 2.05) is 7.05 Å². The summed E-state index contributed by atoms with van der Waals surface area (Å²) in [5.41, 5.74) is 2.64. The van der Waals surface area contributed by atoms with Crippen LogP contribution in [0, 0.1) is 5.92 Å². The zero-order chi connectivity index (χ0) is 20.1. The number of hydrogen-bond donors (Lipinski definition) is 2. The number of aromatic nitrogens is 3. The van der Waals surface area contributed by atoms with Gasteiger partial charge in [0, 0.05) is 51.4 Å². The van der Waals surface area contributed by atoms with Crippen LogP contribution in [-0.4, -0.2) is 59.3 Å². The molecule has 0 amide bonds. The third-order valence-corrected chi connectivity index (χ3v) is 6.36. The zero-order valence-electron chi connectivity index (χ0n) is 18.0. The number of piperidine rings is 2. The third-order valence-electron chi connectivity index (χ3n) is 6.36. The molecule has 2 fully saturated rings. The number of likely N-dealkylation sites (tertiary alicyclic amines) is 1. The topological polar surface area (TPSA) is 72.4 Å². The predicted molar refractivity (Wildman–Crippen MR) is 133 cm³/mol. The van der Waals surface area contributed by atoms with Gasteiger partial charge in [-0.1, -0.05) is 19.1 Å². The Morgan fingerprint density at radius 3 is 2.40 bits per heavy atom. The smallest absolute Gasteiger partial charge is 0.193 e. The molecule has 4 rings (SSSR count). The van der Waals surface area contributed by atoms with Crippen molar-refractivity contribution in [3.63, 3.8) is 0 Å². The quantitative estimate of drug-likeness (QED) is 0.364. The van der Waals surface area contributed by atoms with E-state index in [-0.39, 0.29) is 24.0 Å². The largest absolute Gasteiger partial charge is 0.372 e. The zero-order valence-corrected chi connectivity index (χ0v) is 20.4. The van der Waals surface area contributed by atoms with Crippen molar-refractivity contribution in [1.29, 1.82) is 0 Å². The van der Waals surface area contributed by atoms with Gasteiger partial charge in [-0.05, 0) is 49.3 Å². The monoisotopic (exact) mass is 523 g/mol. The second-order valence-corrected chi connectivity index (χ2v) is 8.37. The number of nitrogens with one attached hydrogen (secondary N) is 2. The Labute approximate surface area is 196 Å². The molecule has 0 radical (unpaired) electrons. The highest BCUT2D eigenvalue weighted by molar-refractivity contribution is 14.0. The first kappa shape index (κ1) is 22.8. The van der Waals surface area contributed by atoms with Gasteiger partial charge in [-0.25, -0.2) is 4.98 Å². The van der Waals surface area contributed by atoms with E-state index in [4.69, 9.17) is 0 Å². The van der Waals surface area contributed by atoms with Gasteiger partial charge >= 0.3 is 0 Å². The molecule has 2 aliphatic rings. The molecule has 2 saturated heterocycles. The predicted octanol–water partition coefficient (Wildman–Crippen LogP) is 3.61. The minimum absolute atomic E-state index is 0. The van der Waals surface area contributed by atoms with E-state index in [1.54, 1.807) is 6.33 Å². The Balaban J connectivity index is 0.00000256. The van der Waals surface area contributed by atoms with E-state index in [0.29, 0.717) is 5.92 Å². The summed E-state index contributed by atoms with van der Waals surface area (Å²) >= 11 is 0. The fourth-order valence-corrected chi connectivity index (χ4v) is 4.38. The first-order chi connectivity index (χ1) is 14.2. The first-order valence-electron chi connectivity index (χ1n) is 10.9.